The van der Waals surface area contributed by atoms with E-state index in [9.17, 15) is 18.0 Å². The summed E-state index contributed by atoms with van der Waals surface area (Å²) in [6, 6.07) is 1.19. The molecule has 0 radical (unpaired) electrons. The molecule has 1 aliphatic carbocycles. The largest absolute Gasteiger partial charge is 0.478 e. The van der Waals surface area contributed by atoms with Crippen molar-refractivity contribution < 1.29 is 23.1 Å². The third-order valence-electron chi connectivity index (χ3n) is 5.38. The van der Waals surface area contributed by atoms with Gasteiger partial charge >= 0.3 is 5.97 Å². The maximum absolute atomic E-state index is 12.7. The Morgan fingerprint density at radius 1 is 1.24 bits per heavy atom. The summed E-state index contributed by atoms with van der Waals surface area (Å²) in [6.07, 6.45) is 3.76. The van der Waals surface area contributed by atoms with E-state index in [1.54, 1.807) is 4.90 Å². The summed E-state index contributed by atoms with van der Waals surface area (Å²) in [5, 5.41) is 10.3. The van der Waals surface area contributed by atoms with Crippen LogP contribution in [0.1, 0.15) is 43.0 Å². The molecule has 0 bridgehead atoms. The molecule has 3 rings (SSSR count). The predicted molar refractivity (Wildman–Crippen MR) is 93.2 cm³/mol. The summed E-state index contributed by atoms with van der Waals surface area (Å²) in [5.41, 5.74) is -0.252. The van der Waals surface area contributed by atoms with E-state index in [2.05, 4.69) is 0 Å². The van der Waals surface area contributed by atoms with Crippen LogP contribution in [0.2, 0.25) is 0 Å². The lowest BCUT2D eigenvalue weighted by Gasteiger charge is -2.45. The quantitative estimate of drug-likeness (QED) is 0.833. The van der Waals surface area contributed by atoms with Gasteiger partial charge in [0, 0.05) is 37.0 Å². The molecule has 0 atom stereocenters. The van der Waals surface area contributed by atoms with Gasteiger partial charge in [0.15, 0.2) is 0 Å². The molecule has 1 aromatic heterocycles. The molecule has 1 saturated carbocycles. The zero-order valence-corrected chi connectivity index (χ0v) is 15.7. The van der Waals surface area contributed by atoms with Crippen molar-refractivity contribution in [2.75, 3.05) is 26.2 Å². The van der Waals surface area contributed by atoms with Gasteiger partial charge in [-0.15, -0.1) is 11.3 Å². The fraction of sp³-hybridized carbons (Fsp3) is 0.625. The van der Waals surface area contributed by atoms with Gasteiger partial charge < -0.3 is 10.0 Å². The number of thiophene rings is 1. The zero-order chi connectivity index (χ0) is 18.2. The fourth-order valence-corrected chi connectivity index (χ4v) is 6.21. The molecule has 25 heavy (non-hydrogen) atoms. The fourth-order valence-electron chi connectivity index (χ4n) is 3.48. The van der Waals surface area contributed by atoms with Crippen molar-refractivity contribution in [2.24, 2.45) is 5.41 Å². The normalized spacial score (nSPS) is 20.9. The second kappa shape index (κ2) is 6.69. The number of carboxylic acids is 1. The minimum atomic E-state index is -3.71. The van der Waals surface area contributed by atoms with Gasteiger partial charge in [0.2, 0.25) is 5.91 Å². The van der Waals surface area contributed by atoms with Gasteiger partial charge in [-0.3, -0.25) is 4.79 Å². The SMILES string of the molecule is CCC1(C(=O)N2CCN(S(=O)(=O)c3cc(C(=O)O)cs3)CC2)CCC1. The maximum Gasteiger partial charge on any atom is 0.336 e. The van der Waals surface area contributed by atoms with Crippen molar-refractivity contribution >= 4 is 33.2 Å². The molecular formula is C16H22N2O5S2. The summed E-state index contributed by atoms with van der Waals surface area (Å²) in [7, 11) is -3.71. The number of sulfonamides is 1. The van der Waals surface area contributed by atoms with Gasteiger partial charge in [-0.05, 0) is 25.3 Å². The molecule has 138 valence electrons. The number of carbonyl (C=O) groups excluding carboxylic acids is 1. The van der Waals surface area contributed by atoms with Crippen molar-refractivity contribution in [1.82, 2.24) is 9.21 Å². The topological polar surface area (TPSA) is 95.0 Å². The number of nitrogens with zero attached hydrogens (tertiary/aromatic N) is 2. The number of carboxylic acid groups (broad SMARTS) is 1. The number of rotatable bonds is 5. The van der Waals surface area contributed by atoms with Gasteiger partial charge in [-0.25, -0.2) is 13.2 Å². The molecule has 1 amide bonds. The highest BCUT2D eigenvalue weighted by Gasteiger charge is 2.45. The molecule has 2 fully saturated rings. The van der Waals surface area contributed by atoms with E-state index in [4.69, 9.17) is 5.11 Å². The van der Waals surface area contributed by atoms with Crippen LogP contribution in [0, 0.1) is 5.41 Å². The minimum Gasteiger partial charge on any atom is -0.478 e. The number of carbonyl (C=O) groups is 2. The third kappa shape index (κ3) is 3.20. The van der Waals surface area contributed by atoms with Gasteiger partial charge in [0.25, 0.3) is 10.0 Å². The first-order valence-electron chi connectivity index (χ1n) is 8.41. The van der Waals surface area contributed by atoms with Gasteiger partial charge in [-0.1, -0.05) is 13.3 Å². The average molecular weight is 386 g/mol. The van der Waals surface area contributed by atoms with Crippen LogP contribution in [0.4, 0.5) is 0 Å². The standard InChI is InChI=1S/C16H22N2O5S2/c1-2-16(4-3-5-16)15(21)17-6-8-18(9-7-17)25(22,23)13-10-12(11-24-13)14(19)20/h10-11H,2-9H2,1H3,(H,19,20). The van der Waals surface area contributed by atoms with Crippen LogP contribution in [0.15, 0.2) is 15.7 Å². The summed E-state index contributed by atoms with van der Waals surface area (Å²) in [6.45, 7) is 3.30. The Bertz CT molecular complexity index is 769. The number of hydrogen-bond donors (Lipinski definition) is 1. The van der Waals surface area contributed by atoms with E-state index >= 15 is 0 Å². The number of piperazine rings is 1. The highest BCUT2D eigenvalue weighted by Crippen LogP contribution is 2.45. The highest BCUT2D eigenvalue weighted by molar-refractivity contribution is 7.91. The van der Waals surface area contributed by atoms with Crippen molar-refractivity contribution in [1.29, 1.82) is 0 Å². The summed E-state index contributed by atoms with van der Waals surface area (Å²) in [4.78, 5) is 25.5. The Kier molecular flexibility index (Phi) is 4.91. The van der Waals surface area contributed by atoms with Crippen LogP contribution >= 0.6 is 11.3 Å². The first kappa shape index (κ1) is 18.3. The van der Waals surface area contributed by atoms with Gasteiger partial charge in [-0.2, -0.15) is 4.31 Å². The summed E-state index contributed by atoms with van der Waals surface area (Å²) in [5.74, 6) is -0.985. The Labute approximate surface area is 151 Å². The zero-order valence-electron chi connectivity index (χ0n) is 14.1. The Balaban J connectivity index is 1.67. The van der Waals surface area contributed by atoms with Crippen LogP contribution < -0.4 is 0 Å². The molecule has 0 unspecified atom stereocenters. The Morgan fingerprint density at radius 3 is 2.32 bits per heavy atom. The summed E-state index contributed by atoms with van der Waals surface area (Å²) < 4.78 is 26.7. The van der Waals surface area contributed by atoms with Crippen LogP contribution in [-0.2, 0) is 14.8 Å². The molecule has 7 nitrogen and oxygen atoms in total. The smallest absolute Gasteiger partial charge is 0.336 e. The lowest BCUT2D eigenvalue weighted by atomic mass is 9.66. The van der Waals surface area contributed by atoms with Crippen LogP contribution in [-0.4, -0.2) is 60.8 Å². The second-order valence-corrected chi connectivity index (χ2v) is 9.72. The average Bonchev–Trinajstić information content (AvgIpc) is 3.05. The lowest BCUT2D eigenvalue weighted by Crippen LogP contribution is -2.55. The molecule has 9 heteroatoms. The number of aromatic carboxylic acids is 1. The van der Waals surface area contributed by atoms with E-state index in [0.717, 1.165) is 37.0 Å². The molecule has 1 saturated heterocycles. The molecule has 1 aromatic rings. The molecule has 0 aromatic carbocycles. The van der Waals surface area contributed by atoms with Crippen LogP contribution in [0.3, 0.4) is 0 Å². The van der Waals surface area contributed by atoms with E-state index in [1.165, 1.54) is 15.8 Å². The molecule has 1 N–H and O–H groups in total. The van der Waals surface area contributed by atoms with Crippen molar-refractivity contribution in [2.45, 2.75) is 36.8 Å². The second-order valence-electron chi connectivity index (χ2n) is 6.64. The van der Waals surface area contributed by atoms with E-state index in [0.29, 0.717) is 13.1 Å². The number of hydrogen-bond acceptors (Lipinski definition) is 5. The molecule has 0 spiro atoms. The van der Waals surface area contributed by atoms with Gasteiger partial charge in [0.1, 0.15) is 4.21 Å². The Hall–Kier alpha value is -1.45. The predicted octanol–water partition coefficient (Wildman–Crippen LogP) is 1.86. The first-order valence-corrected chi connectivity index (χ1v) is 10.7. The molecule has 2 heterocycles. The van der Waals surface area contributed by atoms with E-state index in [1.807, 2.05) is 6.92 Å². The van der Waals surface area contributed by atoms with Crippen molar-refractivity contribution in [3.63, 3.8) is 0 Å². The maximum atomic E-state index is 12.7. The number of amides is 1. The van der Waals surface area contributed by atoms with E-state index in [-0.39, 0.29) is 34.2 Å². The first-order chi connectivity index (χ1) is 11.8. The molecule has 1 aliphatic heterocycles. The monoisotopic (exact) mass is 386 g/mol. The van der Waals surface area contributed by atoms with E-state index < -0.39 is 16.0 Å². The molecule has 2 aliphatic rings. The molecular weight excluding hydrogens is 364 g/mol. The lowest BCUT2D eigenvalue weighted by molar-refractivity contribution is -0.149. The van der Waals surface area contributed by atoms with Gasteiger partial charge in [0.05, 0.1) is 5.56 Å². The van der Waals surface area contributed by atoms with Crippen LogP contribution in [0.25, 0.3) is 0 Å². The minimum absolute atomic E-state index is 0.0211. The van der Waals surface area contributed by atoms with Crippen molar-refractivity contribution in [3.05, 3.63) is 17.0 Å². The summed E-state index contributed by atoms with van der Waals surface area (Å²) >= 11 is 0.915. The third-order valence-corrected chi connectivity index (χ3v) is 8.70. The Morgan fingerprint density at radius 2 is 1.88 bits per heavy atom. The highest BCUT2D eigenvalue weighted by atomic mass is 32.2. The van der Waals surface area contributed by atoms with Crippen molar-refractivity contribution in [3.8, 4) is 0 Å². The van der Waals surface area contributed by atoms with Crippen LogP contribution in [0.5, 0.6) is 0 Å².